The lowest BCUT2D eigenvalue weighted by Gasteiger charge is -2.37. The number of hydrogen-bond acceptors (Lipinski definition) is 6. The smallest absolute Gasteiger partial charge is 0.264 e. The highest BCUT2D eigenvalue weighted by Crippen LogP contribution is 2.36. The number of morpholine rings is 1. The molecule has 3 heterocycles. The molecule has 0 aromatic carbocycles. The minimum Gasteiger partial charge on any atom is -0.374 e. The number of thiophene rings is 1. The number of ether oxygens (including phenoxy) is 1. The van der Waals surface area contributed by atoms with E-state index in [4.69, 9.17) is 4.74 Å². The van der Waals surface area contributed by atoms with Crippen LogP contribution in [0.3, 0.4) is 0 Å². The monoisotopic (exact) mass is 337 g/mol. The van der Waals surface area contributed by atoms with Gasteiger partial charge >= 0.3 is 0 Å². The molecule has 2 aromatic rings. The molecule has 22 heavy (non-hydrogen) atoms. The maximum atomic E-state index is 12.9. The van der Waals surface area contributed by atoms with Gasteiger partial charge in [0.15, 0.2) is 5.13 Å². The summed E-state index contributed by atoms with van der Waals surface area (Å²) in [5.41, 5.74) is 0. The second-order valence-corrected chi connectivity index (χ2v) is 8.12. The molecule has 7 heteroatoms. The van der Waals surface area contributed by atoms with E-state index in [0.29, 0.717) is 13.2 Å². The minimum atomic E-state index is 0.154. The molecule has 0 radical (unpaired) electrons. The van der Waals surface area contributed by atoms with E-state index in [9.17, 15) is 4.79 Å². The zero-order valence-corrected chi connectivity index (χ0v) is 14.4. The number of carbonyl (C=O) groups is 1. The second kappa shape index (κ2) is 5.47. The first kappa shape index (κ1) is 14.4. The Kier molecular flexibility index (Phi) is 3.58. The van der Waals surface area contributed by atoms with Crippen molar-refractivity contribution in [2.24, 2.45) is 0 Å². The van der Waals surface area contributed by atoms with Crippen LogP contribution < -0.4 is 4.90 Å². The molecule has 1 aliphatic heterocycles. The van der Waals surface area contributed by atoms with Crippen molar-refractivity contribution in [3.8, 4) is 0 Å². The van der Waals surface area contributed by atoms with E-state index < -0.39 is 0 Å². The summed E-state index contributed by atoms with van der Waals surface area (Å²) in [6.07, 6.45) is 3.56. The van der Waals surface area contributed by atoms with Gasteiger partial charge in [0.1, 0.15) is 4.83 Å². The van der Waals surface area contributed by atoms with Crippen LogP contribution in [0, 0.1) is 0 Å². The van der Waals surface area contributed by atoms with E-state index >= 15 is 0 Å². The molecule has 118 valence electrons. The molecule has 2 aliphatic rings. The summed E-state index contributed by atoms with van der Waals surface area (Å²) < 4.78 is 6.90. The number of rotatable bonds is 2. The SMILES string of the molecule is CN(C)c1nc2sc(C(=O)N3CCO[C@@H]4CCC[C@H]43)cc2s1. The summed E-state index contributed by atoms with van der Waals surface area (Å²) in [4.78, 5) is 23.3. The van der Waals surface area contributed by atoms with E-state index in [1.807, 2.05) is 30.0 Å². The van der Waals surface area contributed by atoms with Crippen molar-refractivity contribution in [1.82, 2.24) is 9.88 Å². The molecule has 1 saturated carbocycles. The van der Waals surface area contributed by atoms with Gasteiger partial charge in [-0.3, -0.25) is 4.79 Å². The maximum Gasteiger partial charge on any atom is 0.264 e. The number of thiazole rings is 1. The third-order valence-corrected chi connectivity index (χ3v) is 6.73. The Morgan fingerprint density at radius 2 is 2.27 bits per heavy atom. The average molecular weight is 337 g/mol. The number of anilines is 1. The molecule has 2 aromatic heterocycles. The fraction of sp³-hybridized carbons (Fsp3) is 0.600. The molecule has 2 fully saturated rings. The van der Waals surface area contributed by atoms with Crippen molar-refractivity contribution in [2.45, 2.75) is 31.4 Å². The Morgan fingerprint density at radius 1 is 1.41 bits per heavy atom. The number of carbonyl (C=O) groups excluding carboxylic acids is 1. The van der Waals surface area contributed by atoms with Gasteiger partial charge in [0.05, 0.1) is 28.3 Å². The third kappa shape index (κ3) is 2.31. The summed E-state index contributed by atoms with van der Waals surface area (Å²) in [6.45, 7) is 1.37. The zero-order valence-electron chi connectivity index (χ0n) is 12.7. The molecule has 0 N–H and O–H groups in total. The van der Waals surface area contributed by atoms with Crippen molar-refractivity contribution in [2.75, 3.05) is 32.1 Å². The number of amides is 1. The Morgan fingerprint density at radius 3 is 3.05 bits per heavy atom. The molecule has 1 aliphatic carbocycles. The molecule has 2 atom stereocenters. The molecule has 0 unspecified atom stereocenters. The van der Waals surface area contributed by atoms with Gasteiger partial charge in [-0.25, -0.2) is 4.98 Å². The van der Waals surface area contributed by atoms with Gasteiger partial charge in [0, 0.05) is 20.6 Å². The molecule has 4 rings (SSSR count). The summed E-state index contributed by atoms with van der Waals surface area (Å²) in [5, 5.41) is 0.988. The third-order valence-electron chi connectivity index (χ3n) is 4.41. The average Bonchev–Trinajstić information content (AvgIpc) is 3.18. The van der Waals surface area contributed by atoms with Crippen LogP contribution in [0.5, 0.6) is 0 Å². The van der Waals surface area contributed by atoms with Gasteiger partial charge in [0.2, 0.25) is 0 Å². The first-order valence-corrected chi connectivity index (χ1v) is 9.27. The fourth-order valence-electron chi connectivity index (χ4n) is 3.34. The van der Waals surface area contributed by atoms with Gasteiger partial charge in [-0.05, 0) is 25.3 Å². The normalized spacial score (nSPS) is 24.7. The van der Waals surface area contributed by atoms with Crippen LogP contribution in [0.2, 0.25) is 0 Å². The molecular formula is C15H19N3O2S2. The predicted molar refractivity (Wildman–Crippen MR) is 90.2 cm³/mol. The largest absolute Gasteiger partial charge is 0.374 e. The van der Waals surface area contributed by atoms with Crippen LogP contribution in [0.4, 0.5) is 5.13 Å². The van der Waals surface area contributed by atoms with Gasteiger partial charge in [-0.2, -0.15) is 0 Å². The van der Waals surface area contributed by atoms with Crippen LogP contribution in [0.25, 0.3) is 9.53 Å². The Labute approximate surface area is 137 Å². The van der Waals surface area contributed by atoms with Crippen LogP contribution in [-0.2, 0) is 4.74 Å². The van der Waals surface area contributed by atoms with E-state index in [1.165, 1.54) is 11.3 Å². The van der Waals surface area contributed by atoms with Crippen LogP contribution in [0.15, 0.2) is 6.07 Å². The maximum absolute atomic E-state index is 12.9. The van der Waals surface area contributed by atoms with E-state index in [1.54, 1.807) is 11.3 Å². The van der Waals surface area contributed by atoms with Crippen molar-refractivity contribution in [3.63, 3.8) is 0 Å². The number of aromatic nitrogens is 1. The van der Waals surface area contributed by atoms with E-state index in [0.717, 1.165) is 38.8 Å². The number of fused-ring (bicyclic) bond motifs is 2. The van der Waals surface area contributed by atoms with Crippen LogP contribution in [0.1, 0.15) is 28.9 Å². The van der Waals surface area contributed by atoms with Gasteiger partial charge in [-0.15, -0.1) is 11.3 Å². The molecule has 0 spiro atoms. The highest BCUT2D eigenvalue weighted by Gasteiger charge is 2.39. The molecule has 1 saturated heterocycles. The highest BCUT2D eigenvalue weighted by atomic mass is 32.1. The van der Waals surface area contributed by atoms with Gasteiger partial charge < -0.3 is 14.5 Å². The van der Waals surface area contributed by atoms with Crippen LogP contribution >= 0.6 is 22.7 Å². The molecule has 0 bridgehead atoms. The highest BCUT2D eigenvalue weighted by molar-refractivity contribution is 7.29. The molecule has 1 amide bonds. The van der Waals surface area contributed by atoms with Gasteiger partial charge in [-0.1, -0.05) is 11.3 Å². The standard InChI is InChI=1S/C15H19N3O2S2/c1-17(2)15-16-13-11(22-15)8-12(21-13)14(19)18-6-7-20-10-5-3-4-9(10)18/h8-10H,3-7H2,1-2H3/t9-,10-/m1/s1. The predicted octanol–water partition coefficient (Wildman–Crippen LogP) is 2.82. The fourth-order valence-corrected chi connectivity index (χ4v) is 5.43. The Bertz CT molecular complexity index is 677. The minimum absolute atomic E-state index is 0.154. The summed E-state index contributed by atoms with van der Waals surface area (Å²) >= 11 is 3.15. The van der Waals surface area contributed by atoms with E-state index in [-0.39, 0.29) is 18.1 Å². The van der Waals surface area contributed by atoms with Crippen molar-refractivity contribution < 1.29 is 9.53 Å². The topological polar surface area (TPSA) is 45.7 Å². The lowest BCUT2D eigenvalue weighted by atomic mass is 10.1. The van der Waals surface area contributed by atoms with Crippen molar-refractivity contribution in [3.05, 3.63) is 10.9 Å². The van der Waals surface area contributed by atoms with Crippen LogP contribution in [-0.4, -0.2) is 55.2 Å². The summed E-state index contributed by atoms with van der Waals surface area (Å²) in [5.74, 6) is 0.154. The Hall–Kier alpha value is -1.18. The Balaban J connectivity index is 1.60. The molecular weight excluding hydrogens is 318 g/mol. The van der Waals surface area contributed by atoms with Crippen molar-refractivity contribution >= 4 is 43.2 Å². The number of nitrogens with zero attached hydrogens (tertiary/aromatic N) is 3. The summed E-state index contributed by atoms with van der Waals surface area (Å²) in [6, 6.07) is 2.28. The quantitative estimate of drug-likeness (QED) is 0.845. The van der Waals surface area contributed by atoms with Gasteiger partial charge in [0.25, 0.3) is 5.91 Å². The first-order chi connectivity index (χ1) is 10.6. The zero-order chi connectivity index (χ0) is 15.3. The lowest BCUT2D eigenvalue weighted by Crippen LogP contribution is -2.51. The molecule has 5 nitrogen and oxygen atoms in total. The lowest BCUT2D eigenvalue weighted by molar-refractivity contribution is -0.0443. The first-order valence-electron chi connectivity index (χ1n) is 7.64. The second-order valence-electron chi connectivity index (χ2n) is 6.08. The number of hydrogen-bond donors (Lipinski definition) is 0. The van der Waals surface area contributed by atoms with Crippen molar-refractivity contribution in [1.29, 1.82) is 0 Å². The summed E-state index contributed by atoms with van der Waals surface area (Å²) in [7, 11) is 3.98. The van der Waals surface area contributed by atoms with E-state index in [2.05, 4.69) is 4.98 Å².